The van der Waals surface area contributed by atoms with E-state index in [1.165, 1.54) is 6.92 Å². The number of likely N-dealkylation sites (N-methyl/N-ethyl adjacent to an activating group) is 1. The highest BCUT2D eigenvalue weighted by molar-refractivity contribution is 5.71. The van der Waals surface area contributed by atoms with Gasteiger partial charge >= 0.3 is 11.9 Å². The van der Waals surface area contributed by atoms with E-state index < -0.39 is 6.10 Å². The Balaban J connectivity index is 2.49. The number of esters is 2. The molecule has 1 aromatic rings. The maximum absolute atomic E-state index is 11.9. The predicted molar refractivity (Wildman–Crippen MR) is 79.3 cm³/mol. The molecule has 1 rings (SSSR count). The van der Waals surface area contributed by atoms with Crippen molar-refractivity contribution in [3.05, 3.63) is 35.9 Å². The molecule has 0 N–H and O–H groups in total. The molecule has 0 aliphatic heterocycles. The van der Waals surface area contributed by atoms with Crippen molar-refractivity contribution >= 4 is 11.9 Å². The Hall–Kier alpha value is -1.88. The van der Waals surface area contributed by atoms with Crippen LogP contribution >= 0.6 is 0 Å². The number of hydrogen-bond acceptors (Lipinski definition) is 4. The fourth-order valence-corrected chi connectivity index (χ4v) is 1.97. The molecule has 0 aliphatic rings. The summed E-state index contributed by atoms with van der Waals surface area (Å²) in [4.78, 5) is 23.0. The number of hydrogen-bond donors (Lipinski definition) is 0. The second-order valence-corrected chi connectivity index (χ2v) is 6.05. The van der Waals surface area contributed by atoms with Gasteiger partial charge in [-0.15, -0.1) is 0 Å². The van der Waals surface area contributed by atoms with Gasteiger partial charge in [0.2, 0.25) is 0 Å². The molecular weight excluding hydrogens is 270 g/mol. The van der Waals surface area contributed by atoms with Crippen LogP contribution in [0.1, 0.15) is 18.9 Å². The van der Waals surface area contributed by atoms with E-state index in [2.05, 4.69) is 0 Å². The van der Waals surface area contributed by atoms with Gasteiger partial charge in [-0.3, -0.25) is 9.59 Å². The third-order valence-corrected chi connectivity index (χ3v) is 2.72. The summed E-state index contributed by atoms with van der Waals surface area (Å²) in [7, 11) is 5.93. The minimum atomic E-state index is -0.467. The number of rotatable bonds is 7. The third-order valence-electron chi connectivity index (χ3n) is 2.72. The van der Waals surface area contributed by atoms with Crippen LogP contribution in [0.3, 0.4) is 0 Å². The summed E-state index contributed by atoms with van der Waals surface area (Å²) in [6, 6.07) is 9.47. The number of nitrogens with zero attached hydrogens (tertiary/aromatic N) is 1. The van der Waals surface area contributed by atoms with E-state index in [4.69, 9.17) is 9.47 Å². The highest BCUT2D eigenvalue weighted by Gasteiger charge is 2.24. The van der Waals surface area contributed by atoms with Crippen LogP contribution in [0.15, 0.2) is 30.3 Å². The molecule has 0 heterocycles. The zero-order valence-electron chi connectivity index (χ0n) is 13.2. The first-order valence-corrected chi connectivity index (χ1v) is 6.93. The molecule has 116 valence electrons. The van der Waals surface area contributed by atoms with E-state index in [1.807, 2.05) is 51.5 Å². The topological polar surface area (TPSA) is 52.6 Å². The summed E-state index contributed by atoms with van der Waals surface area (Å²) >= 11 is 0. The van der Waals surface area contributed by atoms with Crippen LogP contribution in [0.2, 0.25) is 0 Å². The Morgan fingerprint density at radius 2 is 1.76 bits per heavy atom. The zero-order chi connectivity index (χ0) is 15.9. The van der Waals surface area contributed by atoms with Crippen molar-refractivity contribution in [3.8, 4) is 0 Å². The maximum Gasteiger partial charge on any atom is 0.310 e. The van der Waals surface area contributed by atoms with Crippen LogP contribution in [0.25, 0.3) is 0 Å². The Morgan fingerprint density at radius 1 is 1.14 bits per heavy atom. The van der Waals surface area contributed by atoms with Crippen LogP contribution in [0.5, 0.6) is 0 Å². The minimum absolute atomic E-state index is 0.0714. The summed E-state index contributed by atoms with van der Waals surface area (Å²) in [6.07, 6.45) is -0.396. The minimum Gasteiger partial charge on any atom is -0.461 e. The molecule has 0 unspecified atom stereocenters. The van der Waals surface area contributed by atoms with Gasteiger partial charge in [-0.25, -0.2) is 0 Å². The number of quaternary nitrogens is 1. The van der Waals surface area contributed by atoms with Crippen molar-refractivity contribution in [1.82, 2.24) is 0 Å². The van der Waals surface area contributed by atoms with Crippen LogP contribution in [0.4, 0.5) is 0 Å². The SMILES string of the molecule is CC(=O)O[C@H](CC(=O)OCc1ccccc1)C[N+](C)(C)C. The summed E-state index contributed by atoms with van der Waals surface area (Å²) in [5, 5.41) is 0. The fourth-order valence-electron chi connectivity index (χ4n) is 1.97. The Kier molecular flexibility index (Phi) is 6.37. The smallest absolute Gasteiger partial charge is 0.310 e. The molecule has 0 fully saturated rings. The number of carbonyl (C=O) groups excluding carboxylic acids is 2. The van der Waals surface area contributed by atoms with Gasteiger partial charge in [-0.1, -0.05) is 30.3 Å². The molecule has 0 radical (unpaired) electrons. The standard InChI is InChI=1S/C16H24NO4/c1-13(18)21-15(11-17(2,3)4)10-16(19)20-12-14-8-6-5-7-9-14/h5-9,15H,10-12H2,1-4H3/q+1/t15-/m1/s1. The molecule has 5 heteroatoms. The van der Waals surface area contributed by atoms with Gasteiger partial charge in [0.05, 0.1) is 27.6 Å². The predicted octanol–water partition coefficient (Wildman–Crippen LogP) is 1.76. The molecule has 0 amide bonds. The van der Waals surface area contributed by atoms with Crippen molar-refractivity contribution in [1.29, 1.82) is 0 Å². The Bertz CT molecular complexity index is 465. The first kappa shape index (κ1) is 17.2. The molecule has 0 saturated carbocycles. The first-order valence-electron chi connectivity index (χ1n) is 6.93. The van der Waals surface area contributed by atoms with E-state index in [1.54, 1.807) is 0 Å². The van der Waals surface area contributed by atoms with Gasteiger partial charge in [0, 0.05) is 6.92 Å². The lowest BCUT2D eigenvalue weighted by Gasteiger charge is -2.28. The molecule has 0 saturated heterocycles. The number of ether oxygens (including phenoxy) is 2. The number of benzene rings is 1. The first-order chi connectivity index (χ1) is 9.76. The second kappa shape index (κ2) is 7.78. The fraction of sp³-hybridized carbons (Fsp3) is 0.500. The lowest BCUT2D eigenvalue weighted by Crippen LogP contribution is -2.43. The van der Waals surface area contributed by atoms with E-state index in [0.29, 0.717) is 11.0 Å². The number of carbonyl (C=O) groups is 2. The molecule has 5 nitrogen and oxygen atoms in total. The zero-order valence-corrected chi connectivity index (χ0v) is 13.2. The largest absolute Gasteiger partial charge is 0.461 e. The van der Waals surface area contributed by atoms with Gasteiger partial charge in [-0.05, 0) is 5.56 Å². The van der Waals surface area contributed by atoms with Crippen LogP contribution in [-0.4, -0.2) is 50.2 Å². The molecule has 1 aromatic carbocycles. The third kappa shape index (κ3) is 8.09. The molecule has 0 aliphatic carbocycles. The van der Waals surface area contributed by atoms with Crippen LogP contribution in [-0.2, 0) is 25.7 Å². The maximum atomic E-state index is 11.9. The lowest BCUT2D eigenvalue weighted by molar-refractivity contribution is -0.873. The summed E-state index contributed by atoms with van der Waals surface area (Å²) in [5.41, 5.74) is 0.932. The Labute approximate surface area is 126 Å². The van der Waals surface area contributed by atoms with Crippen molar-refractivity contribution in [3.63, 3.8) is 0 Å². The van der Waals surface area contributed by atoms with E-state index in [0.717, 1.165) is 5.56 Å². The monoisotopic (exact) mass is 294 g/mol. The van der Waals surface area contributed by atoms with Crippen molar-refractivity contribution < 1.29 is 23.5 Å². The van der Waals surface area contributed by atoms with Gasteiger partial charge in [-0.2, -0.15) is 0 Å². The van der Waals surface area contributed by atoms with Gasteiger partial charge in [0.25, 0.3) is 0 Å². The van der Waals surface area contributed by atoms with Crippen LogP contribution in [0, 0.1) is 0 Å². The highest BCUT2D eigenvalue weighted by Crippen LogP contribution is 2.08. The van der Waals surface area contributed by atoms with Gasteiger partial charge in [0.1, 0.15) is 13.2 Å². The average Bonchev–Trinajstić information content (AvgIpc) is 2.34. The van der Waals surface area contributed by atoms with Gasteiger partial charge < -0.3 is 14.0 Å². The quantitative estimate of drug-likeness (QED) is 0.568. The Morgan fingerprint density at radius 3 is 2.29 bits per heavy atom. The van der Waals surface area contributed by atoms with Crippen molar-refractivity contribution in [2.24, 2.45) is 0 Å². The second-order valence-electron chi connectivity index (χ2n) is 6.05. The molecule has 1 atom stereocenters. The van der Waals surface area contributed by atoms with Crippen molar-refractivity contribution in [2.45, 2.75) is 26.1 Å². The summed E-state index contributed by atoms with van der Waals surface area (Å²) < 4.78 is 11.0. The van der Waals surface area contributed by atoms with Crippen LogP contribution < -0.4 is 0 Å². The molecule has 21 heavy (non-hydrogen) atoms. The average molecular weight is 294 g/mol. The highest BCUT2D eigenvalue weighted by atomic mass is 16.6. The lowest BCUT2D eigenvalue weighted by atomic mass is 10.2. The molecule has 0 aromatic heterocycles. The van der Waals surface area contributed by atoms with E-state index >= 15 is 0 Å². The van der Waals surface area contributed by atoms with Crippen molar-refractivity contribution in [2.75, 3.05) is 27.7 Å². The molecule has 0 bridgehead atoms. The molecule has 0 spiro atoms. The summed E-state index contributed by atoms with van der Waals surface area (Å²) in [6.45, 7) is 2.13. The van der Waals surface area contributed by atoms with E-state index in [9.17, 15) is 9.59 Å². The molecular formula is C16H24NO4+. The van der Waals surface area contributed by atoms with Gasteiger partial charge in [0.15, 0.2) is 6.10 Å². The summed E-state index contributed by atoms with van der Waals surface area (Å²) in [5.74, 6) is -0.747. The van der Waals surface area contributed by atoms with E-state index in [-0.39, 0.29) is 25.0 Å². The normalized spacial score (nSPS) is 12.6.